The van der Waals surface area contributed by atoms with Crippen molar-refractivity contribution in [1.29, 1.82) is 0 Å². The van der Waals surface area contributed by atoms with E-state index in [1.807, 2.05) is 0 Å². The number of aliphatic carboxylic acids is 1. The number of carboxylic acid groups (broad SMARTS) is 1. The number of benzene rings is 2. The number of ether oxygens (including phenoxy) is 1. The van der Waals surface area contributed by atoms with Crippen LogP contribution in [0, 0.1) is 5.92 Å². The molecule has 0 saturated heterocycles. The van der Waals surface area contributed by atoms with E-state index in [4.69, 9.17) is 4.74 Å². The van der Waals surface area contributed by atoms with E-state index in [0.717, 1.165) is 30.6 Å². The highest BCUT2D eigenvalue weighted by Gasteiger charge is 2.39. The van der Waals surface area contributed by atoms with E-state index in [1.165, 1.54) is 18.2 Å². The first-order valence-electron chi connectivity index (χ1n) is 9.82. The minimum atomic E-state index is -4.99. The highest BCUT2D eigenvalue weighted by molar-refractivity contribution is 7.00. The summed E-state index contributed by atoms with van der Waals surface area (Å²) in [5, 5.41) is 9.61. The van der Waals surface area contributed by atoms with Gasteiger partial charge in [0.1, 0.15) is 16.8 Å². The number of hydrogen-bond acceptors (Lipinski definition) is 5. The molecule has 33 heavy (non-hydrogen) atoms. The lowest BCUT2D eigenvalue weighted by Gasteiger charge is -2.22. The van der Waals surface area contributed by atoms with Gasteiger partial charge >= 0.3 is 18.3 Å². The van der Waals surface area contributed by atoms with Crippen LogP contribution in [0.4, 0.5) is 26.3 Å². The summed E-state index contributed by atoms with van der Waals surface area (Å²) in [6.07, 6.45) is -8.18. The zero-order valence-electron chi connectivity index (χ0n) is 16.7. The second-order valence-electron chi connectivity index (χ2n) is 7.88. The average Bonchev–Trinajstić information content (AvgIpc) is 3.42. The Kier molecular flexibility index (Phi) is 5.97. The maximum atomic E-state index is 14.1. The summed E-state index contributed by atoms with van der Waals surface area (Å²) < 4.78 is 93.8. The van der Waals surface area contributed by atoms with Crippen molar-refractivity contribution in [2.24, 2.45) is 5.92 Å². The van der Waals surface area contributed by atoms with Gasteiger partial charge in [0.25, 0.3) is 0 Å². The molecular formula is C21H16F6N2O3S. The number of nitrogens with zero attached hydrogens (tertiary/aromatic N) is 2. The lowest BCUT2D eigenvalue weighted by atomic mass is 9.88. The van der Waals surface area contributed by atoms with Crippen LogP contribution in [0.5, 0.6) is 5.75 Å². The van der Waals surface area contributed by atoms with E-state index in [-0.39, 0.29) is 29.0 Å². The van der Waals surface area contributed by atoms with E-state index in [9.17, 15) is 36.2 Å². The number of carboxylic acids is 1. The molecule has 1 N–H and O–H groups in total. The minimum absolute atomic E-state index is 0.0548. The highest BCUT2D eigenvalue weighted by Crippen LogP contribution is 2.47. The lowest BCUT2D eigenvalue weighted by molar-refractivity contribution is -0.153. The number of aromatic nitrogens is 2. The Bertz CT molecular complexity index is 1190. The summed E-state index contributed by atoms with van der Waals surface area (Å²) in [5.41, 5.74) is -1.52. The van der Waals surface area contributed by atoms with Crippen molar-refractivity contribution in [2.45, 2.75) is 37.5 Å². The standard InChI is InChI=1S/C21H16F6N2O3S/c22-20(23,24)9-32-17-8-12(13(19(30)31)5-10-1-2-10)6-14(21(25,26)27)18(17)11-3-4-15-16(7-11)29-33-28-15/h3-4,6-8,10,13H,1-2,5,9H2,(H,30,31)/t13-/m1/s1. The molecule has 176 valence electrons. The Labute approximate surface area is 187 Å². The Balaban J connectivity index is 1.92. The van der Waals surface area contributed by atoms with E-state index in [1.54, 1.807) is 0 Å². The summed E-state index contributed by atoms with van der Waals surface area (Å²) in [7, 11) is 0. The number of carbonyl (C=O) groups is 1. The molecule has 1 aromatic heterocycles. The number of fused-ring (bicyclic) bond motifs is 1. The molecule has 0 unspecified atom stereocenters. The Morgan fingerprint density at radius 3 is 2.39 bits per heavy atom. The first-order valence-corrected chi connectivity index (χ1v) is 10.6. The largest absolute Gasteiger partial charge is 0.483 e. The summed E-state index contributed by atoms with van der Waals surface area (Å²) in [5.74, 6) is -3.29. The molecule has 0 spiro atoms. The van der Waals surface area contributed by atoms with Crippen LogP contribution in [0.2, 0.25) is 0 Å². The molecule has 4 rings (SSSR count). The van der Waals surface area contributed by atoms with Gasteiger partial charge < -0.3 is 9.84 Å². The third-order valence-electron chi connectivity index (χ3n) is 5.33. The number of halogens is 6. The molecular weight excluding hydrogens is 474 g/mol. The van der Waals surface area contributed by atoms with Crippen LogP contribution in [0.25, 0.3) is 22.2 Å². The van der Waals surface area contributed by atoms with Crippen molar-refractivity contribution in [3.05, 3.63) is 41.5 Å². The van der Waals surface area contributed by atoms with Crippen molar-refractivity contribution in [1.82, 2.24) is 8.75 Å². The molecule has 0 radical (unpaired) electrons. The highest BCUT2D eigenvalue weighted by atomic mass is 32.1. The monoisotopic (exact) mass is 490 g/mol. The SMILES string of the molecule is O=C(O)[C@H](CC1CC1)c1cc(OCC(F)(F)F)c(-c2ccc3nsnc3c2)c(C(F)(F)F)c1. The maximum absolute atomic E-state index is 14.1. The van der Waals surface area contributed by atoms with E-state index >= 15 is 0 Å². The smallest absolute Gasteiger partial charge is 0.422 e. The minimum Gasteiger partial charge on any atom is -0.483 e. The second kappa shape index (κ2) is 8.47. The summed E-state index contributed by atoms with van der Waals surface area (Å²) >= 11 is 0.838. The molecule has 1 aliphatic carbocycles. The van der Waals surface area contributed by atoms with Crippen LogP contribution >= 0.6 is 11.7 Å². The van der Waals surface area contributed by atoms with Crippen LogP contribution in [-0.4, -0.2) is 32.6 Å². The molecule has 12 heteroatoms. The van der Waals surface area contributed by atoms with E-state index < -0.39 is 47.7 Å². The predicted octanol–water partition coefficient (Wildman–Crippen LogP) is 6.29. The normalized spacial score (nSPS) is 15.6. The van der Waals surface area contributed by atoms with Crippen LogP contribution in [-0.2, 0) is 11.0 Å². The van der Waals surface area contributed by atoms with Gasteiger partial charge in [-0.05, 0) is 47.7 Å². The fourth-order valence-corrected chi connectivity index (χ4v) is 4.15. The number of alkyl halides is 6. The molecule has 0 bridgehead atoms. The fourth-order valence-electron chi connectivity index (χ4n) is 3.64. The first kappa shape index (κ1) is 23.3. The van der Waals surface area contributed by atoms with Gasteiger partial charge in [0.2, 0.25) is 0 Å². The molecule has 1 aliphatic rings. The van der Waals surface area contributed by atoms with Crippen molar-refractivity contribution in [3.63, 3.8) is 0 Å². The molecule has 0 aliphatic heterocycles. The third-order valence-corrected chi connectivity index (χ3v) is 5.89. The van der Waals surface area contributed by atoms with Gasteiger partial charge in [-0.2, -0.15) is 35.1 Å². The maximum Gasteiger partial charge on any atom is 0.422 e. The van der Waals surface area contributed by atoms with Gasteiger partial charge in [-0.15, -0.1) is 0 Å². The average molecular weight is 490 g/mol. The Hall–Kier alpha value is -2.89. The van der Waals surface area contributed by atoms with Crippen LogP contribution < -0.4 is 4.74 Å². The van der Waals surface area contributed by atoms with Crippen LogP contribution in [0.15, 0.2) is 30.3 Å². The van der Waals surface area contributed by atoms with Crippen molar-refractivity contribution in [2.75, 3.05) is 6.61 Å². The quantitative estimate of drug-likeness (QED) is 0.395. The van der Waals surface area contributed by atoms with Crippen molar-refractivity contribution in [3.8, 4) is 16.9 Å². The summed E-state index contributed by atoms with van der Waals surface area (Å²) in [4.78, 5) is 11.8. The third kappa shape index (κ3) is 5.37. The Morgan fingerprint density at radius 1 is 1.09 bits per heavy atom. The summed E-state index contributed by atoms with van der Waals surface area (Å²) in [6.45, 7) is -1.83. The molecule has 0 amide bonds. The van der Waals surface area contributed by atoms with E-state index in [0.29, 0.717) is 11.6 Å². The molecule has 3 aromatic rings. The van der Waals surface area contributed by atoms with Crippen molar-refractivity contribution >= 4 is 28.7 Å². The Morgan fingerprint density at radius 2 is 1.79 bits per heavy atom. The number of hydrogen-bond donors (Lipinski definition) is 1. The van der Waals surface area contributed by atoms with Gasteiger partial charge in [-0.3, -0.25) is 4.79 Å². The van der Waals surface area contributed by atoms with Crippen LogP contribution in [0.3, 0.4) is 0 Å². The molecule has 1 atom stereocenters. The molecule has 1 fully saturated rings. The second-order valence-corrected chi connectivity index (χ2v) is 8.41. The topological polar surface area (TPSA) is 72.3 Å². The molecule has 1 saturated carbocycles. The first-order chi connectivity index (χ1) is 15.4. The molecule has 5 nitrogen and oxygen atoms in total. The fraction of sp³-hybridized carbons (Fsp3) is 0.381. The zero-order valence-corrected chi connectivity index (χ0v) is 17.5. The van der Waals surface area contributed by atoms with Gasteiger partial charge in [0.15, 0.2) is 6.61 Å². The number of rotatable bonds is 7. The van der Waals surface area contributed by atoms with Crippen LogP contribution in [0.1, 0.15) is 36.3 Å². The van der Waals surface area contributed by atoms with Gasteiger partial charge in [0, 0.05) is 5.56 Å². The van der Waals surface area contributed by atoms with Gasteiger partial charge in [0.05, 0.1) is 23.2 Å². The lowest BCUT2D eigenvalue weighted by Crippen LogP contribution is -2.21. The zero-order chi connectivity index (χ0) is 24.0. The molecule has 1 heterocycles. The van der Waals surface area contributed by atoms with Gasteiger partial charge in [-0.1, -0.05) is 18.9 Å². The van der Waals surface area contributed by atoms with E-state index in [2.05, 4.69) is 8.75 Å². The van der Waals surface area contributed by atoms with Gasteiger partial charge in [-0.25, -0.2) is 0 Å². The molecule has 2 aromatic carbocycles. The van der Waals surface area contributed by atoms with Crippen molar-refractivity contribution < 1.29 is 41.0 Å². The predicted molar refractivity (Wildman–Crippen MR) is 107 cm³/mol. The summed E-state index contributed by atoms with van der Waals surface area (Å²) in [6, 6.07) is 5.64.